The highest BCUT2D eigenvalue weighted by Crippen LogP contribution is 2.10. The molecule has 30 heavy (non-hydrogen) atoms. The number of nitrogens with one attached hydrogen (secondary N) is 1. The van der Waals surface area contributed by atoms with Gasteiger partial charge in [-0.15, -0.1) is 0 Å². The smallest absolute Gasteiger partial charge is 0.227 e. The SMILES string of the molecule is CCCCCCCCCCC=CN(CCCCO)C(=O)CCC(=O)NCCCCO. The summed E-state index contributed by atoms with van der Waals surface area (Å²) >= 11 is 0. The second kappa shape index (κ2) is 22.3. The van der Waals surface area contributed by atoms with E-state index in [1.807, 2.05) is 6.20 Å². The fraction of sp³-hybridized carbons (Fsp3) is 0.833. The number of aliphatic hydroxyl groups excluding tert-OH is 2. The van der Waals surface area contributed by atoms with Gasteiger partial charge in [0.2, 0.25) is 11.8 Å². The maximum absolute atomic E-state index is 12.5. The van der Waals surface area contributed by atoms with Crippen molar-refractivity contribution in [1.82, 2.24) is 10.2 Å². The average molecular weight is 427 g/mol. The van der Waals surface area contributed by atoms with Crippen molar-refractivity contribution in [2.75, 3.05) is 26.3 Å². The average Bonchev–Trinajstić information content (AvgIpc) is 2.75. The summed E-state index contributed by atoms with van der Waals surface area (Å²) in [5.41, 5.74) is 0. The Morgan fingerprint density at radius 3 is 2.10 bits per heavy atom. The molecule has 6 nitrogen and oxygen atoms in total. The minimum absolute atomic E-state index is 0.0503. The van der Waals surface area contributed by atoms with Gasteiger partial charge in [0.05, 0.1) is 0 Å². The van der Waals surface area contributed by atoms with Crippen molar-refractivity contribution in [3.05, 3.63) is 12.3 Å². The molecule has 0 saturated heterocycles. The molecule has 0 atom stereocenters. The monoisotopic (exact) mass is 426 g/mol. The third-order valence-electron chi connectivity index (χ3n) is 5.11. The lowest BCUT2D eigenvalue weighted by Crippen LogP contribution is -2.30. The van der Waals surface area contributed by atoms with E-state index in [2.05, 4.69) is 18.3 Å². The first-order chi connectivity index (χ1) is 14.7. The van der Waals surface area contributed by atoms with Crippen LogP contribution in [0.3, 0.4) is 0 Å². The molecule has 0 aliphatic heterocycles. The number of rotatable bonds is 21. The Labute approximate surface area is 184 Å². The van der Waals surface area contributed by atoms with Gasteiger partial charge < -0.3 is 20.4 Å². The fourth-order valence-electron chi connectivity index (χ4n) is 3.19. The quantitative estimate of drug-likeness (QED) is 0.239. The van der Waals surface area contributed by atoms with Crippen LogP contribution in [-0.2, 0) is 9.59 Å². The number of nitrogens with zero attached hydrogens (tertiary/aromatic N) is 1. The highest BCUT2D eigenvalue weighted by atomic mass is 16.3. The van der Waals surface area contributed by atoms with Gasteiger partial charge in [0.1, 0.15) is 0 Å². The Morgan fingerprint density at radius 1 is 0.800 bits per heavy atom. The normalized spacial score (nSPS) is 11.2. The zero-order chi connectivity index (χ0) is 22.3. The van der Waals surface area contributed by atoms with Crippen LogP contribution in [0.1, 0.15) is 103 Å². The highest BCUT2D eigenvalue weighted by molar-refractivity contribution is 5.84. The molecule has 0 aliphatic carbocycles. The first-order valence-electron chi connectivity index (χ1n) is 12.1. The van der Waals surface area contributed by atoms with Gasteiger partial charge in [0, 0.05) is 45.3 Å². The highest BCUT2D eigenvalue weighted by Gasteiger charge is 2.12. The molecule has 0 aliphatic rings. The van der Waals surface area contributed by atoms with Crippen LogP contribution in [0.5, 0.6) is 0 Å². The van der Waals surface area contributed by atoms with Crippen LogP contribution in [0.2, 0.25) is 0 Å². The summed E-state index contributed by atoms with van der Waals surface area (Å²) < 4.78 is 0. The van der Waals surface area contributed by atoms with E-state index in [0.29, 0.717) is 25.9 Å². The van der Waals surface area contributed by atoms with Crippen LogP contribution in [0, 0.1) is 0 Å². The molecule has 6 heteroatoms. The second-order valence-corrected chi connectivity index (χ2v) is 7.95. The van der Waals surface area contributed by atoms with Crippen molar-refractivity contribution in [2.45, 2.75) is 103 Å². The Bertz CT molecular complexity index is 441. The molecule has 0 bridgehead atoms. The summed E-state index contributed by atoms with van der Waals surface area (Å²) in [6, 6.07) is 0. The van der Waals surface area contributed by atoms with Gasteiger partial charge in [0.25, 0.3) is 0 Å². The second-order valence-electron chi connectivity index (χ2n) is 7.95. The first-order valence-corrected chi connectivity index (χ1v) is 12.1. The summed E-state index contributed by atoms with van der Waals surface area (Å²) in [5, 5.41) is 20.5. The molecular formula is C24H46N2O4. The van der Waals surface area contributed by atoms with E-state index in [-0.39, 0.29) is 37.9 Å². The molecular weight excluding hydrogens is 380 g/mol. The maximum atomic E-state index is 12.5. The maximum Gasteiger partial charge on any atom is 0.227 e. The molecule has 0 saturated carbocycles. The minimum atomic E-state index is -0.125. The largest absolute Gasteiger partial charge is 0.396 e. The van der Waals surface area contributed by atoms with Crippen LogP contribution in [0.15, 0.2) is 12.3 Å². The van der Waals surface area contributed by atoms with E-state index in [4.69, 9.17) is 10.2 Å². The summed E-state index contributed by atoms with van der Waals surface area (Å²) in [6.07, 6.45) is 18.4. The van der Waals surface area contributed by atoms with Gasteiger partial charge in [-0.3, -0.25) is 9.59 Å². The van der Waals surface area contributed by atoms with Gasteiger partial charge in [-0.05, 0) is 38.5 Å². The van der Waals surface area contributed by atoms with Gasteiger partial charge >= 0.3 is 0 Å². The number of allylic oxidation sites excluding steroid dienone is 1. The van der Waals surface area contributed by atoms with Crippen molar-refractivity contribution in [3.8, 4) is 0 Å². The fourth-order valence-corrected chi connectivity index (χ4v) is 3.19. The van der Waals surface area contributed by atoms with Crippen LogP contribution >= 0.6 is 0 Å². The van der Waals surface area contributed by atoms with Crippen molar-refractivity contribution in [2.24, 2.45) is 0 Å². The van der Waals surface area contributed by atoms with E-state index in [1.165, 1.54) is 44.9 Å². The lowest BCUT2D eigenvalue weighted by Gasteiger charge is -2.18. The summed E-state index contributed by atoms with van der Waals surface area (Å²) in [5.74, 6) is -0.176. The molecule has 0 radical (unpaired) electrons. The number of carbonyl (C=O) groups is 2. The summed E-state index contributed by atoms with van der Waals surface area (Å²) in [4.78, 5) is 26.0. The van der Waals surface area contributed by atoms with E-state index in [0.717, 1.165) is 25.7 Å². The molecule has 0 aromatic heterocycles. The van der Waals surface area contributed by atoms with Crippen LogP contribution in [-0.4, -0.2) is 53.2 Å². The molecule has 176 valence electrons. The van der Waals surface area contributed by atoms with Crippen molar-refractivity contribution >= 4 is 11.8 Å². The molecule has 0 spiro atoms. The first kappa shape index (κ1) is 28.6. The van der Waals surface area contributed by atoms with Crippen LogP contribution in [0.4, 0.5) is 0 Å². The predicted molar refractivity (Wildman–Crippen MR) is 123 cm³/mol. The third kappa shape index (κ3) is 18.6. The van der Waals surface area contributed by atoms with Crippen molar-refractivity contribution < 1.29 is 19.8 Å². The molecule has 0 aromatic carbocycles. The number of carbonyl (C=O) groups excluding carboxylic acids is 2. The number of aliphatic hydroxyl groups is 2. The molecule has 0 fully saturated rings. The lowest BCUT2D eigenvalue weighted by molar-refractivity contribution is -0.131. The Balaban J connectivity index is 4.13. The lowest BCUT2D eigenvalue weighted by atomic mass is 10.1. The van der Waals surface area contributed by atoms with E-state index >= 15 is 0 Å². The number of amides is 2. The zero-order valence-corrected chi connectivity index (χ0v) is 19.2. The molecule has 0 rings (SSSR count). The Morgan fingerprint density at radius 2 is 1.43 bits per heavy atom. The van der Waals surface area contributed by atoms with Crippen molar-refractivity contribution in [1.29, 1.82) is 0 Å². The van der Waals surface area contributed by atoms with Gasteiger partial charge in [-0.2, -0.15) is 0 Å². The molecule has 2 amide bonds. The third-order valence-corrected chi connectivity index (χ3v) is 5.11. The molecule has 0 heterocycles. The van der Waals surface area contributed by atoms with E-state index < -0.39 is 0 Å². The van der Waals surface area contributed by atoms with E-state index in [1.54, 1.807) is 4.90 Å². The molecule has 0 aromatic rings. The van der Waals surface area contributed by atoms with E-state index in [9.17, 15) is 9.59 Å². The molecule has 3 N–H and O–H groups in total. The topological polar surface area (TPSA) is 89.9 Å². The summed E-state index contributed by atoms with van der Waals surface area (Å²) in [7, 11) is 0. The van der Waals surface area contributed by atoms with Gasteiger partial charge in [-0.25, -0.2) is 0 Å². The standard InChI is InChI=1S/C24H46N2O4/c1-2-3-4-5-6-7-8-9-10-12-19-26(20-13-15-22-28)24(30)17-16-23(29)25-18-11-14-21-27/h12,19,27-28H,2-11,13-18,20-22H2,1H3,(H,25,29). The zero-order valence-electron chi connectivity index (χ0n) is 19.2. The summed E-state index contributed by atoms with van der Waals surface area (Å²) in [6.45, 7) is 3.60. The Kier molecular flexibility index (Phi) is 21.2. The number of unbranched alkanes of at least 4 members (excludes halogenated alkanes) is 10. The van der Waals surface area contributed by atoms with Gasteiger partial charge in [-0.1, -0.05) is 57.9 Å². The van der Waals surface area contributed by atoms with Crippen LogP contribution < -0.4 is 5.32 Å². The number of hydrogen-bond acceptors (Lipinski definition) is 4. The number of hydrogen-bond donors (Lipinski definition) is 3. The molecule has 0 unspecified atom stereocenters. The minimum Gasteiger partial charge on any atom is -0.396 e. The Hall–Kier alpha value is -1.40. The van der Waals surface area contributed by atoms with Crippen molar-refractivity contribution in [3.63, 3.8) is 0 Å². The predicted octanol–water partition coefficient (Wildman–Crippen LogP) is 4.30. The van der Waals surface area contributed by atoms with Gasteiger partial charge in [0.15, 0.2) is 0 Å². The van der Waals surface area contributed by atoms with Crippen LogP contribution in [0.25, 0.3) is 0 Å².